The molecule has 3 fully saturated rings. The van der Waals surface area contributed by atoms with Gasteiger partial charge in [-0.05, 0) is 43.7 Å². The van der Waals surface area contributed by atoms with Gasteiger partial charge in [0.2, 0.25) is 17.7 Å². The van der Waals surface area contributed by atoms with Crippen LogP contribution < -0.4 is 10.6 Å². The maximum absolute atomic E-state index is 13.8. The number of hydrogen-bond acceptors (Lipinski definition) is 5. The number of carbonyl (C=O) groups excluding carboxylic acids is 3. The Bertz CT molecular complexity index is 924. The van der Waals surface area contributed by atoms with Crippen LogP contribution in [0.2, 0.25) is 5.02 Å². The van der Waals surface area contributed by atoms with E-state index in [1.165, 1.54) is 0 Å². The van der Waals surface area contributed by atoms with Gasteiger partial charge in [-0.2, -0.15) is 0 Å². The number of halogens is 1. The number of hydrogen-bond donors (Lipinski definition) is 3. The highest BCUT2D eigenvalue weighted by Crippen LogP contribution is 2.68. The summed E-state index contributed by atoms with van der Waals surface area (Å²) in [5.41, 5.74) is 1.39. The van der Waals surface area contributed by atoms with Gasteiger partial charge in [0.25, 0.3) is 0 Å². The predicted molar refractivity (Wildman–Crippen MR) is 126 cm³/mol. The summed E-state index contributed by atoms with van der Waals surface area (Å²) in [6.45, 7) is 4.36. The molecule has 1 aromatic carbocycles. The van der Waals surface area contributed by atoms with Gasteiger partial charge in [0.1, 0.15) is 6.04 Å². The van der Waals surface area contributed by atoms with Crippen molar-refractivity contribution in [3.63, 3.8) is 0 Å². The van der Waals surface area contributed by atoms with E-state index in [-0.39, 0.29) is 35.5 Å². The first-order chi connectivity index (χ1) is 15.3. The molecule has 3 heterocycles. The first-order valence-corrected chi connectivity index (χ1v) is 12.4. The van der Waals surface area contributed by atoms with Crippen molar-refractivity contribution in [3.8, 4) is 0 Å². The number of aliphatic hydroxyl groups is 1. The molecular formula is C23H30ClN3O4S. The van der Waals surface area contributed by atoms with Gasteiger partial charge in [0, 0.05) is 25.4 Å². The van der Waals surface area contributed by atoms with Crippen LogP contribution in [0.25, 0.3) is 0 Å². The van der Waals surface area contributed by atoms with Crippen LogP contribution in [0.5, 0.6) is 0 Å². The number of aliphatic hydroxyl groups excluding tert-OH is 1. The van der Waals surface area contributed by atoms with Gasteiger partial charge in [-0.15, -0.1) is 11.8 Å². The van der Waals surface area contributed by atoms with Gasteiger partial charge in [0.05, 0.1) is 27.3 Å². The quantitative estimate of drug-likeness (QED) is 0.522. The number of amides is 3. The number of benzene rings is 1. The van der Waals surface area contributed by atoms with E-state index in [0.717, 1.165) is 12.0 Å². The normalized spacial score (nSPS) is 32.8. The molecule has 174 valence electrons. The molecule has 0 radical (unpaired) electrons. The molecule has 1 aromatic rings. The van der Waals surface area contributed by atoms with Crippen LogP contribution in [0.15, 0.2) is 18.2 Å². The Labute approximate surface area is 197 Å². The third-order valence-corrected chi connectivity index (χ3v) is 9.71. The highest BCUT2D eigenvalue weighted by Gasteiger charge is 2.75. The molecule has 3 unspecified atom stereocenters. The number of nitrogens with one attached hydrogen (secondary N) is 2. The van der Waals surface area contributed by atoms with E-state index in [0.29, 0.717) is 30.1 Å². The van der Waals surface area contributed by atoms with Crippen LogP contribution >= 0.6 is 23.4 Å². The fourth-order valence-electron chi connectivity index (χ4n) is 5.90. The second kappa shape index (κ2) is 8.88. The van der Waals surface area contributed by atoms with Gasteiger partial charge in [0.15, 0.2) is 0 Å². The Morgan fingerprint density at radius 3 is 2.72 bits per heavy atom. The first-order valence-electron chi connectivity index (χ1n) is 11.1. The number of thioether (sulfide) groups is 1. The number of fused-ring (bicyclic) bond motifs is 1. The van der Waals surface area contributed by atoms with Gasteiger partial charge in [-0.1, -0.05) is 30.7 Å². The van der Waals surface area contributed by atoms with Gasteiger partial charge >= 0.3 is 0 Å². The topological polar surface area (TPSA) is 98.7 Å². The molecule has 3 saturated heterocycles. The Morgan fingerprint density at radius 1 is 1.31 bits per heavy atom. The number of para-hydroxylation sites is 1. The minimum Gasteiger partial charge on any atom is -0.396 e. The van der Waals surface area contributed by atoms with Crippen LogP contribution in [0.3, 0.4) is 0 Å². The summed E-state index contributed by atoms with van der Waals surface area (Å²) in [5, 5.41) is 15.4. The summed E-state index contributed by atoms with van der Waals surface area (Å²) < 4.78 is -0.655. The van der Waals surface area contributed by atoms with Crippen LogP contribution in [0.4, 0.5) is 5.69 Å². The molecular weight excluding hydrogens is 450 g/mol. The lowest BCUT2D eigenvalue weighted by atomic mass is 9.66. The molecule has 2 bridgehead atoms. The maximum Gasteiger partial charge on any atom is 0.248 e. The molecule has 1 spiro atoms. The summed E-state index contributed by atoms with van der Waals surface area (Å²) in [6, 6.07) is 4.73. The average molecular weight is 480 g/mol. The van der Waals surface area contributed by atoms with Crippen molar-refractivity contribution in [2.45, 2.75) is 49.1 Å². The highest BCUT2D eigenvalue weighted by atomic mass is 35.5. The monoisotopic (exact) mass is 479 g/mol. The molecule has 0 aliphatic carbocycles. The summed E-state index contributed by atoms with van der Waals surface area (Å²) in [4.78, 5) is 41.9. The molecule has 0 saturated carbocycles. The van der Waals surface area contributed by atoms with Crippen LogP contribution in [-0.2, 0) is 14.4 Å². The number of unbranched alkanes of at least 4 members (excludes halogenated alkanes) is 1. The van der Waals surface area contributed by atoms with E-state index in [9.17, 15) is 19.5 Å². The van der Waals surface area contributed by atoms with E-state index in [1.54, 1.807) is 29.8 Å². The van der Waals surface area contributed by atoms with E-state index < -0.39 is 22.6 Å². The zero-order chi connectivity index (χ0) is 23.2. The molecule has 7 nitrogen and oxygen atoms in total. The Morgan fingerprint density at radius 2 is 2.06 bits per heavy atom. The van der Waals surface area contributed by atoms with E-state index in [2.05, 4.69) is 17.6 Å². The van der Waals surface area contributed by atoms with Crippen LogP contribution in [0.1, 0.15) is 31.7 Å². The maximum atomic E-state index is 13.8. The lowest BCUT2D eigenvalue weighted by Gasteiger charge is -2.38. The molecule has 0 aromatic heterocycles. The minimum atomic E-state index is -0.700. The fourth-order valence-corrected chi connectivity index (χ4v) is 8.59. The Kier molecular flexibility index (Phi) is 6.49. The summed E-state index contributed by atoms with van der Waals surface area (Å²) >= 11 is 8.01. The summed E-state index contributed by atoms with van der Waals surface area (Å²) in [7, 11) is 1.60. The van der Waals surface area contributed by atoms with Crippen molar-refractivity contribution in [3.05, 3.63) is 28.8 Å². The van der Waals surface area contributed by atoms with Crippen LogP contribution in [-0.4, -0.2) is 64.0 Å². The Balaban J connectivity index is 1.74. The van der Waals surface area contributed by atoms with Gasteiger partial charge in [-0.3, -0.25) is 14.4 Å². The molecule has 9 heteroatoms. The van der Waals surface area contributed by atoms with Crippen molar-refractivity contribution >= 4 is 46.8 Å². The fraction of sp³-hybridized carbons (Fsp3) is 0.609. The smallest absolute Gasteiger partial charge is 0.248 e. The van der Waals surface area contributed by atoms with E-state index >= 15 is 0 Å². The molecule has 32 heavy (non-hydrogen) atoms. The number of nitrogens with zero attached hydrogens (tertiary/aromatic N) is 1. The molecule has 3 amide bonds. The average Bonchev–Trinajstić information content (AvgIpc) is 3.34. The van der Waals surface area contributed by atoms with Crippen molar-refractivity contribution in [1.82, 2.24) is 10.2 Å². The number of anilines is 1. The van der Waals surface area contributed by atoms with Crippen LogP contribution in [0, 0.1) is 24.7 Å². The second-order valence-electron chi connectivity index (χ2n) is 9.05. The zero-order valence-corrected chi connectivity index (χ0v) is 20.1. The summed E-state index contributed by atoms with van der Waals surface area (Å²) in [5.74, 6) is -1.38. The third-order valence-electron chi connectivity index (χ3n) is 7.32. The molecule has 3 aliphatic heterocycles. The van der Waals surface area contributed by atoms with E-state index in [4.69, 9.17) is 11.6 Å². The minimum absolute atomic E-state index is 0.0239. The standard InChI is InChI=1S/C23H30ClN3O4S/c1-12-7-6-8-14(24)18(12)26-21(30)19-23-13(2)11-15(32-23)16(20(29)25-3)17(23)22(31)27(19)9-4-5-10-28/h6-8,13,15-17,19,28H,4-5,9-11H2,1-3H3,(H,25,29)(H,26,30)/t13?,15-,16+,17-,19?,23?/m0/s1. The van der Waals surface area contributed by atoms with Crippen molar-refractivity contribution in [1.29, 1.82) is 0 Å². The lowest BCUT2D eigenvalue weighted by molar-refractivity contribution is -0.139. The molecule has 3 N–H and O–H groups in total. The third kappa shape index (κ3) is 3.42. The predicted octanol–water partition coefficient (Wildman–Crippen LogP) is 2.44. The number of aryl methyl sites for hydroxylation is 1. The number of likely N-dealkylation sites (tertiary alicyclic amines) is 1. The van der Waals surface area contributed by atoms with Crippen molar-refractivity contribution in [2.24, 2.45) is 17.8 Å². The van der Waals surface area contributed by atoms with Crippen molar-refractivity contribution in [2.75, 3.05) is 25.5 Å². The second-order valence-corrected chi connectivity index (χ2v) is 11.0. The SMILES string of the molecule is CNC(=O)[C@@H]1[C@@H]2CC(C)C3(S2)C(C(=O)Nc2c(C)cccc2Cl)N(CCCCO)C(=O)[C@H]13. The molecule has 4 rings (SSSR count). The van der Waals surface area contributed by atoms with Crippen molar-refractivity contribution < 1.29 is 19.5 Å². The lowest BCUT2D eigenvalue weighted by Crippen LogP contribution is -2.55. The molecule has 6 atom stereocenters. The molecule has 3 aliphatic rings. The highest BCUT2D eigenvalue weighted by molar-refractivity contribution is 8.02. The largest absolute Gasteiger partial charge is 0.396 e. The van der Waals surface area contributed by atoms with Gasteiger partial charge in [-0.25, -0.2) is 0 Å². The zero-order valence-electron chi connectivity index (χ0n) is 18.6. The number of rotatable bonds is 7. The van der Waals surface area contributed by atoms with E-state index in [1.807, 2.05) is 19.1 Å². The first kappa shape index (κ1) is 23.4. The summed E-state index contributed by atoms with van der Waals surface area (Å²) in [6.07, 6.45) is 1.93. The Hall–Kier alpha value is -1.77. The number of carbonyl (C=O) groups is 3. The van der Waals surface area contributed by atoms with Gasteiger partial charge < -0.3 is 20.6 Å².